The number of hydrogen-bond donors (Lipinski definition) is 1. The number of anilines is 1. The lowest BCUT2D eigenvalue weighted by molar-refractivity contribution is 0.617. The molecular weight excluding hydrogens is 171 g/mol. The van der Waals surface area contributed by atoms with E-state index in [2.05, 4.69) is 20.5 Å². The largest absolute Gasteiger partial charge is 0.259 e. The van der Waals surface area contributed by atoms with Gasteiger partial charge in [-0.05, 0) is 5.92 Å². The lowest BCUT2D eigenvalue weighted by Gasteiger charge is -1.99. The minimum atomic E-state index is -0.511. The molecule has 0 atom stereocenters. The molecule has 0 aliphatic carbocycles. The molecule has 0 aliphatic rings. The third-order valence-electron chi connectivity index (χ3n) is 1.21. The molecule has 4 nitrogen and oxygen atoms in total. The second kappa shape index (κ2) is 4.49. The predicted octanol–water partition coefficient (Wildman–Crippen LogP) is 1.67. The molecule has 0 aromatic carbocycles. The van der Waals surface area contributed by atoms with Gasteiger partial charge in [0.15, 0.2) is 11.6 Å². The van der Waals surface area contributed by atoms with Crippen molar-refractivity contribution >= 4 is 12.0 Å². The average Bonchev–Trinajstić information content (AvgIpc) is 2.08. The summed E-state index contributed by atoms with van der Waals surface area (Å²) in [5.41, 5.74) is 2.49. The van der Waals surface area contributed by atoms with Gasteiger partial charge in [-0.2, -0.15) is 5.10 Å². The van der Waals surface area contributed by atoms with Gasteiger partial charge in [-0.15, -0.1) is 0 Å². The zero-order valence-corrected chi connectivity index (χ0v) is 7.53. The highest BCUT2D eigenvalue weighted by Gasteiger charge is 1.99. The lowest BCUT2D eigenvalue weighted by Crippen LogP contribution is -1.98. The summed E-state index contributed by atoms with van der Waals surface area (Å²) in [6.07, 6.45) is 4.01. The molecule has 0 saturated heterocycles. The van der Waals surface area contributed by atoms with Crippen LogP contribution in [0, 0.1) is 11.7 Å². The molecule has 0 fully saturated rings. The number of hydrogen-bond acceptors (Lipinski definition) is 4. The third kappa shape index (κ3) is 3.14. The maximum absolute atomic E-state index is 12.9. The summed E-state index contributed by atoms with van der Waals surface area (Å²) in [6, 6.07) is 0. The minimum Gasteiger partial charge on any atom is -0.259 e. The molecule has 0 saturated carbocycles. The number of halogens is 1. The molecule has 0 unspecified atom stereocenters. The quantitative estimate of drug-likeness (QED) is 0.571. The summed E-state index contributed by atoms with van der Waals surface area (Å²) in [5.74, 6) is -0.104. The van der Waals surface area contributed by atoms with Gasteiger partial charge in [-0.3, -0.25) is 5.43 Å². The molecule has 1 rings (SSSR count). The summed E-state index contributed by atoms with van der Waals surface area (Å²) in [6.45, 7) is 3.95. The molecule has 13 heavy (non-hydrogen) atoms. The average molecular weight is 182 g/mol. The van der Waals surface area contributed by atoms with Gasteiger partial charge in [0.2, 0.25) is 0 Å². The lowest BCUT2D eigenvalue weighted by atomic mass is 10.3. The SMILES string of the molecule is CC(C)/C=N/Nc1ncncc1F. The number of hydrazone groups is 1. The Hall–Kier alpha value is -1.52. The van der Waals surface area contributed by atoms with Crippen LogP contribution >= 0.6 is 0 Å². The van der Waals surface area contributed by atoms with Crippen LogP contribution in [-0.2, 0) is 0 Å². The zero-order valence-electron chi connectivity index (χ0n) is 7.53. The van der Waals surface area contributed by atoms with Crippen LogP contribution in [0.15, 0.2) is 17.6 Å². The molecule has 1 N–H and O–H groups in total. The molecule has 1 heterocycles. The normalized spacial score (nSPS) is 11.1. The van der Waals surface area contributed by atoms with Gasteiger partial charge in [0.25, 0.3) is 0 Å². The maximum atomic E-state index is 12.9. The van der Waals surface area contributed by atoms with Crippen molar-refractivity contribution < 1.29 is 4.39 Å². The van der Waals surface area contributed by atoms with E-state index in [1.54, 1.807) is 6.21 Å². The van der Waals surface area contributed by atoms with E-state index in [0.717, 1.165) is 6.20 Å². The van der Waals surface area contributed by atoms with Crippen LogP contribution in [0.25, 0.3) is 0 Å². The topological polar surface area (TPSA) is 50.2 Å². The molecule has 70 valence electrons. The smallest absolute Gasteiger partial charge is 0.185 e. The summed E-state index contributed by atoms with van der Waals surface area (Å²) in [7, 11) is 0. The minimum absolute atomic E-state index is 0.0897. The monoisotopic (exact) mass is 182 g/mol. The van der Waals surface area contributed by atoms with E-state index in [0.29, 0.717) is 5.92 Å². The van der Waals surface area contributed by atoms with Crippen LogP contribution in [0.1, 0.15) is 13.8 Å². The van der Waals surface area contributed by atoms with E-state index in [-0.39, 0.29) is 5.82 Å². The first-order valence-corrected chi connectivity index (χ1v) is 3.95. The standard InChI is InChI=1S/C8H11FN4/c1-6(2)3-12-13-8-7(9)4-10-5-11-8/h3-6H,1-2H3,(H,10,11,13)/b12-3+. The van der Waals surface area contributed by atoms with E-state index in [1.165, 1.54) is 6.33 Å². The Morgan fingerprint density at radius 2 is 2.38 bits per heavy atom. The molecule has 0 spiro atoms. The van der Waals surface area contributed by atoms with Crippen molar-refractivity contribution in [1.29, 1.82) is 0 Å². The predicted molar refractivity (Wildman–Crippen MR) is 48.9 cm³/mol. The van der Waals surface area contributed by atoms with E-state index >= 15 is 0 Å². The highest BCUT2D eigenvalue weighted by Crippen LogP contribution is 2.05. The zero-order chi connectivity index (χ0) is 9.68. The van der Waals surface area contributed by atoms with Gasteiger partial charge >= 0.3 is 0 Å². The van der Waals surface area contributed by atoms with Crippen LogP contribution in [0.3, 0.4) is 0 Å². The first-order chi connectivity index (χ1) is 6.20. The van der Waals surface area contributed by atoms with Crippen LogP contribution in [0.4, 0.5) is 10.2 Å². The van der Waals surface area contributed by atoms with Crippen LogP contribution in [0.2, 0.25) is 0 Å². The molecule has 0 amide bonds. The maximum Gasteiger partial charge on any atom is 0.185 e. The summed E-state index contributed by atoms with van der Waals surface area (Å²) in [5, 5.41) is 3.80. The first kappa shape index (κ1) is 9.57. The molecule has 0 bridgehead atoms. The van der Waals surface area contributed by atoms with Gasteiger partial charge in [0, 0.05) is 6.21 Å². The molecular formula is C8H11FN4. The Morgan fingerprint density at radius 1 is 1.62 bits per heavy atom. The number of rotatable bonds is 3. The van der Waals surface area contributed by atoms with Crippen molar-refractivity contribution in [3.05, 3.63) is 18.3 Å². The van der Waals surface area contributed by atoms with E-state index in [4.69, 9.17) is 0 Å². The second-order valence-corrected chi connectivity index (χ2v) is 2.85. The van der Waals surface area contributed by atoms with Gasteiger partial charge in [-0.25, -0.2) is 14.4 Å². The molecule has 0 aliphatic heterocycles. The van der Waals surface area contributed by atoms with Gasteiger partial charge in [-0.1, -0.05) is 13.8 Å². The Kier molecular flexibility index (Phi) is 3.31. The first-order valence-electron chi connectivity index (χ1n) is 3.95. The second-order valence-electron chi connectivity index (χ2n) is 2.85. The highest BCUT2D eigenvalue weighted by atomic mass is 19.1. The van der Waals surface area contributed by atoms with Crippen LogP contribution in [-0.4, -0.2) is 16.2 Å². The molecule has 5 heteroatoms. The number of nitrogens with one attached hydrogen (secondary N) is 1. The summed E-state index contributed by atoms with van der Waals surface area (Å²) < 4.78 is 12.9. The van der Waals surface area contributed by atoms with Crippen molar-refractivity contribution in [2.24, 2.45) is 11.0 Å². The van der Waals surface area contributed by atoms with E-state index < -0.39 is 5.82 Å². The fraction of sp³-hybridized carbons (Fsp3) is 0.375. The highest BCUT2D eigenvalue weighted by molar-refractivity contribution is 5.60. The van der Waals surface area contributed by atoms with E-state index in [9.17, 15) is 4.39 Å². The van der Waals surface area contributed by atoms with E-state index in [1.807, 2.05) is 13.8 Å². The summed E-state index contributed by atoms with van der Waals surface area (Å²) >= 11 is 0. The molecule has 1 aromatic rings. The van der Waals surface area contributed by atoms with Gasteiger partial charge < -0.3 is 0 Å². The number of nitrogens with zero attached hydrogens (tertiary/aromatic N) is 3. The van der Waals surface area contributed by atoms with Crippen molar-refractivity contribution in [3.63, 3.8) is 0 Å². The Morgan fingerprint density at radius 3 is 3.00 bits per heavy atom. The summed E-state index contributed by atoms with van der Waals surface area (Å²) in [4.78, 5) is 7.17. The van der Waals surface area contributed by atoms with Crippen molar-refractivity contribution in [2.75, 3.05) is 5.43 Å². The van der Waals surface area contributed by atoms with Crippen molar-refractivity contribution in [1.82, 2.24) is 9.97 Å². The third-order valence-corrected chi connectivity index (χ3v) is 1.21. The Bertz CT molecular complexity index is 298. The van der Waals surface area contributed by atoms with Crippen LogP contribution < -0.4 is 5.43 Å². The molecule has 0 radical (unpaired) electrons. The number of aromatic nitrogens is 2. The Balaban J connectivity index is 2.59. The van der Waals surface area contributed by atoms with Crippen molar-refractivity contribution in [2.45, 2.75) is 13.8 Å². The van der Waals surface area contributed by atoms with Gasteiger partial charge in [0.1, 0.15) is 6.33 Å². The van der Waals surface area contributed by atoms with Gasteiger partial charge in [0.05, 0.1) is 6.20 Å². The fourth-order valence-electron chi connectivity index (χ4n) is 0.642. The van der Waals surface area contributed by atoms with Crippen molar-refractivity contribution in [3.8, 4) is 0 Å². The Labute approximate surface area is 75.9 Å². The molecule has 1 aromatic heterocycles. The van der Waals surface area contributed by atoms with Crippen LogP contribution in [0.5, 0.6) is 0 Å². The fourth-order valence-corrected chi connectivity index (χ4v) is 0.642.